The number of rotatable bonds is 6. The zero-order chi connectivity index (χ0) is 22.3. The Kier molecular flexibility index (Phi) is 5.87. The van der Waals surface area contributed by atoms with Crippen LogP contribution in [0.25, 0.3) is 0 Å². The highest BCUT2D eigenvalue weighted by atomic mass is 79.9. The van der Waals surface area contributed by atoms with E-state index < -0.39 is 23.8 Å². The molecular weight excluding hydrogens is 499 g/mol. The number of aromatic nitrogens is 4. The molecule has 4 rings (SSSR count). The van der Waals surface area contributed by atoms with Crippen molar-refractivity contribution in [1.82, 2.24) is 19.6 Å². The Morgan fingerprint density at radius 2 is 1.94 bits per heavy atom. The zero-order valence-electron chi connectivity index (χ0n) is 16.3. The van der Waals surface area contributed by atoms with Crippen LogP contribution < -0.4 is 5.32 Å². The van der Waals surface area contributed by atoms with Crippen molar-refractivity contribution >= 4 is 39.3 Å². The van der Waals surface area contributed by atoms with Gasteiger partial charge in [-0.25, -0.2) is 0 Å². The second-order valence-electron chi connectivity index (χ2n) is 7.45. The van der Waals surface area contributed by atoms with Gasteiger partial charge in [-0.1, -0.05) is 23.7 Å². The number of benzene rings is 1. The van der Waals surface area contributed by atoms with Crippen molar-refractivity contribution in [2.75, 3.05) is 5.32 Å². The highest BCUT2D eigenvalue weighted by Crippen LogP contribution is 2.47. The van der Waals surface area contributed by atoms with Crippen LogP contribution in [0.15, 0.2) is 41.0 Å². The molecule has 3 aromatic rings. The predicted molar refractivity (Wildman–Crippen MR) is 113 cm³/mol. The lowest BCUT2D eigenvalue weighted by molar-refractivity contribution is -0.142. The average Bonchev–Trinajstić information content (AvgIpc) is 3.34. The molecule has 31 heavy (non-hydrogen) atoms. The topological polar surface area (TPSA) is 64.7 Å². The van der Waals surface area contributed by atoms with Gasteiger partial charge in [-0.3, -0.25) is 14.2 Å². The number of anilines is 1. The fraction of sp³-hybridized carbons (Fsp3) is 0.350. The molecule has 1 saturated carbocycles. The van der Waals surface area contributed by atoms with E-state index in [1.165, 1.54) is 11.6 Å². The first-order chi connectivity index (χ1) is 14.6. The van der Waals surface area contributed by atoms with Gasteiger partial charge in [0, 0.05) is 23.2 Å². The minimum absolute atomic E-state index is 0.0354. The van der Waals surface area contributed by atoms with Crippen LogP contribution in [0.2, 0.25) is 5.02 Å². The van der Waals surface area contributed by atoms with Crippen LogP contribution in [0.4, 0.5) is 19.0 Å². The summed E-state index contributed by atoms with van der Waals surface area (Å²) in [6, 6.07) is 7.99. The number of alkyl halides is 3. The number of carbonyl (C=O) groups is 1. The van der Waals surface area contributed by atoms with Crippen molar-refractivity contribution in [3.63, 3.8) is 0 Å². The van der Waals surface area contributed by atoms with E-state index in [9.17, 15) is 18.0 Å². The lowest BCUT2D eigenvalue weighted by Gasteiger charge is -2.15. The smallest absolute Gasteiger partial charge is 0.307 e. The van der Waals surface area contributed by atoms with E-state index in [2.05, 4.69) is 31.4 Å². The Morgan fingerprint density at radius 3 is 2.55 bits per heavy atom. The van der Waals surface area contributed by atoms with Gasteiger partial charge in [0.2, 0.25) is 5.91 Å². The summed E-state index contributed by atoms with van der Waals surface area (Å²) >= 11 is 8.93. The van der Waals surface area contributed by atoms with E-state index in [-0.39, 0.29) is 10.4 Å². The van der Waals surface area contributed by atoms with Gasteiger partial charge in [-0.05, 0) is 53.4 Å². The lowest BCUT2D eigenvalue weighted by atomic mass is 10.2. The molecule has 1 aliphatic rings. The Morgan fingerprint density at radius 1 is 1.26 bits per heavy atom. The molecule has 1 atom stereocenters. The predicted octanol–water partition coefficient (Wildman–Crippen LogP) is 5.64. The molecule has 1 amide bonds. The maximum atomic E-state index is 13.3. The molecule has 2 aromatic heterocycles. The van der Waals surface area contributed by atoms with Gasteiger partial charge in [-0.15, -0.1) is 0 Å². The number of amides is 1. The number of halogens is 5. The summed E-state index contributed by atoms with van der Waals surface area (Å²) in [5.74, 6) is -0.227. The van der Waals surface area contributed by atoms with Crippen LogP contribution in [0.5, 0.6) is 0 Å². The molecule has 6 nitrogen and oxygen atoms in total. The van der Waals surface area contributed by atoms with Crippen molar-refractivity contribution in [2.45, 2.75) is 44.4 Å². The van der Waals surface area contributed by atoms with Crippen LogP contribution in [0, 0.1) is 0 Å². The van der Waals surface area contributed by atoms with Gasteiger partial charge in [-0.2, -0.15) is 23.4 Å². The summed E-state index contributed by atoms with van der Waals surface area (Å²) in [4.78, 5) is 12.8. The summed E-state index contributed by atoms with van der Waals surface area (Å²) in [5, 5.41) is 11.3. The fourth-order valence-corrected chi connectivity index (χ4v) is 4.20. The van der Waals surface area contributed by atoms with Crippen molar-refractivity contribution < 1.29 is 18.0 Å². The van der Waals surface area contributed by atoms with Crippen molar-refractivity contribution in [3.05, 3.63) is 63.0 Å². The zero-order valence-corrected chi connectivity index (χ0v) is 18.7. The van der Waals surface area contributed by atoms with Crippen molar-refractivity contribution in [3.8, 4) is 0 Å². The Bertz CT molecular complexity index is 1110. The van der Waals surface area contributed by atoms with Crippen LogP contribution in [0.3, 0.4) is 0 Å². The van der Waals surface area contributed by atoms with E-state index >= 15 is 0 Å². The molecule has 11 heteroatoms. The van der Waals surface area contributed by atoms with Crippen LogP contribution >= 0.6 is 27.5 Å². The van der Waals surface area contributed by atoms with Crippen molar-refractivity contribution in [2.24, 2.45) is 0 Å². The third-order valence-corrected chi connectivity index (χ3v) is 6.05. The molecule has 0 radical (unpaired) electrons. The largest absolute Gasteiger partial charge is 0.436 e. The number of nitrogens with zero attached hydrogens (tertiary/aromatic N) is 4. The third-order valence-electron chi connectivity index (χ3n) is 5.02. The SMILES string of the molecule is CC(C(=O)Nc1ccn(Cc2ccc(Cl)cc2)n1)n1nc(C(F)(F)F)c(Br)c1C1CC1. The normalized spacial score (nSPS) is 15.2. The second-order valence-corrected chi connectivity index (χ2v) is 8.68. The number of hydrogen-bond acceptors (Lipinski definition) is 3. The lowest BCUT2D eigenvalue weighted by Crippen LogP contribution is -2.26. The number of hydrogen-bond donors (Lipinski definition) is 1. The summed E-state index contributed by atoms with van der Waals surface area (Å²) in [6.07, 6.45) is -1.36. The van der Waals surface area contributed by atoms with Gasteiger partial charge in [0.1, 0.15) is 6.04 Å². The van der Waals surface area contributed by atoms with E-state index in [4.69, 9.17) is 11.6 Å². The first-order valence-corrected chi connectivity index (χ1v) is 10.7. The molecule has 1 N–H and O–H groups in total. The average molecular weight is 517 g/mol. The highest BCUT2D eigenvalue weighted by molar-refractivity contribution is 9.10. The maximum Gasteiger partial charge on any atom is 0.436 e. The number of carbonyl (C=O) groups excluding carboxylic acids is 1. The Balaban J connectivity index is 1.49. The molecule has 0 saturated heterocycles. The standard InChI is InChI=1S/C20H18BrClF3N5O/c1-11(30-17(13-4-5-13)16(21)18(28-30)20(23,24)25)19(31)26-15-8-9-29(27-15)10-12-2-6-14(22)7-3-12/h2-3,6-9,11,13H,4-5,10H2,1H3,(H,26,27,31). The molecule has 1 fully saturated rings. The molecule has 0 aliphatic heterocycles. The van der Waals surface area contributed by atoms with E-state index in [1.54, 1.807) is 29.1 Å². The van der Waals surface area contributed by atoms with Gasteiger partial charge in [0.15, 0.2) is 11.5 Å². The molecule has 1 unspecified atom stereocenters. The van der Waals surface area contributed by atoms with Gasteiger partial charge < -0.3 is 5.32 Å². The monoisotopic (exact) mass is 515 g/mol. The first kappa shape index (κ1) is 21.9. The van der Waals surface area contributed by atoms with E-state index in [0.717, 1.165) is 18.4 Å². The number of nitrogens with one attached hydrogen (secondary N) is 1. The first-order valence-electron chi connectivity index (χ1n) is 9.57. The Labute approximate surface area is 189 Å². The summed E-state index contributed by atoms with van der Waals surface area (Å²) < 4.78 is 42.7. The van der Waals surface area contributed by atoms with Gasteiger partial charge >= 0.3 is 6.18 Å². The van der Waals surface area contributed by atoms with Crippen LogP contribution in [0.1, 0.15) is 48.7 Å². The molecule has 0 bridgehead atoms. The maximum absolute atomic E-state index is 13.3. The van der Waals surface area contributed by atoms with Gasteiger partial charge in [0.25, 0.3) is 0 Å². The van der Waals surface area contributed by atoms with Crippen LogP contribution in [-0.2, 0) is 17.5 Å². The summed E-state index contributed by atoms with van der Waals surface area (Å²) in [5.41, 5.74) is 0.374. The molecular formula is C20H18BrClF3N5O. The van der Waals surface area contributed by atoms with Crippen LogP contribution in [-0.4, -0.2) is 25.5 Å². The highest BCUT2D eigenvalue weighted by Gasteiger charge is 2.43. The van der Waals surface area contributed by atoms with E-state index in [1.807, 2.05) is 12.1 Å². The van der Waals surface area contributed by atoms with Gasteiger partial charge in [0.05, 0.1) is 16.7 Å². The molecule has 164 valence electrons. The van der Waals surface area contributed by atoms with E-state index in [0.29, 0.717) is 23.1 Å². The fourth-order valence-electron chi connectivity index (χ4n) is 3.26. The minimum Gasteiger partial charge on any atom is -0.307 e. The second kappa shape index (κ2) is 8.31. The molecule has 1 aliphatic carbocycles. The third kappa shape index (κ3) is 4.79. The Hall–Kier alpha value is -2.33. The molecule has 2 heterocycles. The quantitative estimate of drug-likeness (QED) is 0.461. The summed E-state index contributed by atoms with van der Waals surface area (Å²) in [7, 11) is 0. The molecule has 1 aromatic carbocycles. The summed E-state index contributed by atoms with van der Waals surface area (Å²) in [6.45, 7) is 2.00. The van der Waals surface area contributed by atoms with Crippen molar-refractivity contribution in [1.29, 1.82) is 0 Å². The minimum atomic E-state index is -4.61. The molecule has 0 spiro atoms.